The van der Waals surface area contributed by atoms with Gasteiger partial charge in [-0.05, 0) is 59.5 Å². The molecule has 17 heavy (non-hydrogen) atoms. The van der Waals surface area contributed by atoms with Gasteiger partial charge in [0, 0.05) is 12.1 Å². The minimum Gasteiger partial charge on any atom is -0.348 e. The van der Waals surface area contributed by atoms with E-state index in [1.54, 1.807) is 11.3 Å². The van der Waals surface area contributed by atoms with Gasteiger partial charge in [-0.25, -0.2) is 0 Å². The lowest BCUT2D eigenvalue weighted by Gasteiger charge is -2.06. The van der Waals surface area contributed by atoms with E-state index in [1.165, 1.54) is 5.56 Å². The molecule has 0 spiro atoms. The number of aryl methyl sites for hydroxylation is 2. The van der Waals surface area contributed by atoms with Crippen molar-refractivity contribution in [2.75, 3.05) is 0 Å². The van der Waals surface area contributed by atoms with E-state index < -0.39 is 0 Å². The normalized spacial score (nSPS) is 10.2. The molecule has 0 saturated heterocycles. The molecule has 2 aromatic rings. The number of benzene rings is 1. The number of amides is 1. The molecule has 1 aromatic heterocycles. The molecular weight excluding hydrogens is 230 g/mol. The van der Waals surface area contributed by atoms with Gasteiger partial charge in [0.1, 0.15) is 0 Å². The van der Waals surface area contributed by atoms with Gasteiger partial charge in [-0.2, -0.15) is 11.3 Å². The Kier molecular flexibility index (Phi) is 3.59. The lowest BCUT2D eigenvalue weighted by molar-refractivity contribution is 0.0951. The Morgan fingerprint density at radius 2 is 2.06 bits per heavy atom. The van der Waals surface area contributed by atoms with Crippen molar-refractivity contribution in [1.82, 2.24) is 5.32 Å². The SMILES string of the molecule is Cc1ccc(C(=O)NCc2ccsc2)cc1C. The number of carbonyl (C=O) groups is 1. The fourth-order valence-corrected chi connectivity index (χ4v) is 2.23. The predicted molar refractivity (Wildman–Crippen MR) is 71.4 cm³/mol. The third kappa shape index (κ3) is 2.94. The summed E-state index contributed by atoms with van der Waals surface area (Å²) in [7, 11) is 0. The number of hydrogen-bond donors (Lipinski definition) is 1. The van der Waals surface area contributed by atoms with Crippen LogP contribution in [0.25, 0.3) is 0 Å². The van der Waals surface area contributed by atoms with Crippen molar-refractivity contribution >= 4 is 17.2 Å². The molecule has 2 nitrogen and oxygen atoms in total. The molecule has 0 radical (unpaired) electrons. The van der Waals surface area contributed by atoms with Crippen LogP contribution in [0.1, 0.15) is 27.0 Å². The van der Waals surface area contributed by atoms with Gasteiger partial charge in [0.15, 0.2) is 0 Å². The van der Waals surface area contributed by atoms with E-state index in [0.29, 0.717) is 6.54 Å². The minimum atomic E-state index is -0.0145. The summed E-state index contributed by atoms with van der Waals surface area (Å²) in [4.78, 5) is 11.9. The van der Waals surface area contributed by atoms with Gasteiger partial charge in [0.25, 0.3) is 5.91 Å². The highest BCUT2D eigenvalue weighted by molar-refractivity contribution is 7.07. The molecular formula is C14H15NOS. The topological polar surface area (TPSA) is 29.1 Å². The summed E-state index contributed by atoms with van der Waals surface area (Å²) in [6.07, 6.45) is 0. The number of rotatable bonds is 3. The van der Waals surface area contributed by atoms with Crippen LogP contribution in [0.5, 0.6) is 0 Å². The van der Waals surface area contributed by atoms with Gasteiger partial charge >= 0.3 is 0 Å². The zero-order valence-electron chi connectivity index (χ0n) is 9.99. The zero-order valence-corrected chi connectivity index (χ0v) is 10.8. The molecule has 88 valence electrons. The highest BCUT2D eigenvalue weighted by Gasteiger charge is 2.06. The number of thiophene rings is 1. The van der Waals surface area contributed by atoms with Crippen LogP contribution in [0.4, 0.5) is 0 Å². The van der Waals surface area contributed by atoms with E-state index in [1.807, 2.05) is 48.9 Å². The molecule has 0 unspecified atom stereocenters. The van der Waals surface area contributed by atoms with Crippen LogP contribution in [0.15, 0.2) is 35.0 Å². The number of hydrogen-bond acceptors (Lipinski definition) is 2. The summed E-state index contributed by atoms with van der Waals surface area (Å²) in [5.41, 5.74) is 4.23. The molecule has 1 aromatic carbocycles. The molecule has 0 bridgehead atoms. The maximum absolute atomic E-state index is 11.9. The Balaban J connectivity index is 2.02. The Morgan fingerprint density at radius 3 is 2.71 bits per heavy atom. The number of carbonyl (C=O) groups excluding carboxylic acids is 1. The first-order valence-corrected chi connectivity index (χ1v) is 6.47. The molecule has 1 N–H and O–H groups in total. The van der Waals surface area contributed by atoms with Crippen LogP contribution in [0, 0.1) is 13.8 Å². The summed E-state index contributed by atoms with van der Waals surface area (Å²) in [5.74, 6) is -0.0145. The summed E-state index contributed by atoms with van der Waals surface area (Å²) in [6.45, 7) is 4.66. The lowest BCUT2D eigenvalue weighted by atomic mass is 10.1. The molecule has 0 aliphatic rings. The van der Waals surface area contributed by atoms with Crippen LogP contribution < -0.4 is 5.32 Å². The minimum absolute atomic E-state index is 0.0145. The molecule has 3 heteroatoms. The first-order valence-electron chi connectivity index (χ1n) is 5.53. The predicted octanol–water partition coefficient (Wildman–Crippen LogP) is 3.29. The average Bonchev–Trinajstić information content (AvgIpc) is 2.82. The summed E-state index contributed by atoms with van der Waals surface area (Å²) < 4.78 is 0. The van der Waals surface area contributed by atoms with Gasteiger partial charge < -0.3 is 5.32 Å². The molecule has 2 rings (SSSR count). The second kappa shape index (κ2) is 5.15. The van der Waals surface area contributed by atoms with Crippen molar-refractivity contribution in [2.45, 2.75) is 20.4 Å². The second-order valence-corrected chi connectivity index (χ2v) is 4.89. The van der Waals surface area contributed by atoms with Crippen LogP contribution in [-0.2, 0) is 6.54 Å². The molecule has 1 amide bonds. The van der Waals surface area contributed by atoms with Crippen molar-refractivity contribution in [3.63, 3.8) is 0 Å². The average molecular weight is 245 g/mol. The largest absolute Gasteiger partial charge is 0.348 e. The van der Waals surface area contributed by atoms with Gasteiger partial charge in [-0.1, -0.05) is 6.07 Å². The fourth-order valence-electron chi connectivity index (χ4n) is 1.56. The first-order chi connectivity index (χ1) is 8.16. The fraction of sp³-hybridized carbons (Fsp3) is 0.214. The monoisotopic (exact) mass is 245 g/mol. The Morgan fingerprint density at radius 1 is 1.24 bits per heavy atom. The maximum Gasteiger partial charge on any atom is 0.251 e. The third-order valence-electron chi connectivity index (χ3n) is 2.80. The zero-order chi connectivity index (χ0) is 12.3. The highest BCUT2D eigenvalue weighted by atomic mass is 32.1. The number of nitrogens with one attached hydrogen (secondary N) is 1. The highest BCUT2D eigenvalue weighted by Crippen LogP contribution is 2.10. The van der Waals surface area contributed by atoms with Crippen molar-refractivity contribution in [1.29, 1.82) is 0 Å². The van der Waals surface area contributed by atoms with Crippen LogP contribution in [0.3, 0.4) is 0 Å². The molecule has 0 fully saturated rings. The summed E-state index contributed by atoms with van der Waals surface area (Å²) >= 11 is 1.64. The molecule has 0 aliphatic heterocycles. The van der Waals surface area contributed by atoms with Gasteiger partial charge in [-0.3, -0.25) is 4.79 Å². The van der Waals surface area contributed by atoms with Crippen molar-refractivity contribution in [3.8, 4) is 0 Å². The van der Waals surface area contributed by atoms with E-state index in [9.17, 15) is 4.79 Å². The van der Waals surface area contributed by atoms with Gasteiger partial charge in [0.05, 0.1) is 0 Å². The van der Waals surface area contributed by atoms with Crippen molar-refractivity contribution in [2.24, 2.45) is 0 Å². The standard InChI is InChI=1S/C14H15NOS/c1-10-3-4-13(7-11(10)2)14(16)15-8-12-5-6-17-9-12/h3-7,9H,8H2,1-2H3,(H,15,16). The molecule has 0 saturated carbocycles. The van der Waals surface area contributed by atoms with Crippen LogP contribution in [-0.4, -0.2) is 5.91 Å². The van der Waals surface area contributed by atoms with E-state index in [2.05, 4.69) is 5.32 Å². The summed E-state index contributed by atoms with van der Waals surface area (Å²) in [5, 5.41) is 6.97. The van der Waals surface area contributed by atoms with Gasteiger partial charge in [-0.15, -0.1) is 0 Å². The van der Waals surface area contributed by atoms with Crippen molar-refractivity contribution < 1.29 is 4.79 Å². The Hall–Kier alpha value is -1.61. The van der Waals surface area contributed by atoms with E-state index in [-0.39, 0.29) is 5.91 Å². The first kappa shape index (κ1) is 11.9. The molecule has 1 heterocycles. The van der Waals surface area contributed by atoms with E-state index >= 15 is 0 Å². The summed E-state index contributed by atoms with van der Waals surface area (Å²) in [6, 6.07) is 7.80. The van der Waals surface area contributed by atoms with E-state index in [0.717, 1.165) is 16.7 Å². The molecule has 0 atom stereocenters. The van der Waals surface area contributed by atoms with E-state index in [4.69, 9.17) is 0 Å². The Bertz CT molecular complexity index is 517. The maximum atomic E-state index is 11.9. The van der Waals surface area contributed by atoms with Crippen LogP contribution >= 0.6 is 11.3 Å². The second-order valence-electron chi connectivity index (χ2n) is 4.11. The van der Waals surface area contributed by atoms with Crippen molar-refractivity contribution in [3.05, 3.63) is 57.3 Å². The quantitative estimate of drug-likeness (QED) is 0.883. The van der Waals surface area contributed by atoms with Crippen LogP contribution in [0.2, 0.25) is 0 Å². The lowest BCUT2D eigenvalue weighted by Crippen LogP contribution is -2.22. The molecule has 0 aliphatic carbocycles. The third-order valence-corrected chi connectivity index (χ3v) is 3.53. The van der Waals surface area contributed by atoms with Gasteiger partial charge in [0.2, 0.25) is 0 Å². The Labute approximate surface area is 105 Å². The smallest absolute Gasteiger partial charge is 0.251 e.